The van der Waals surface area contributed by atoms with Crippen LogP contribution in [0.3, 0.4) is 0 Å². The van der Waals surface area contributed by atoms with E-state index in [-0.39, 0.29) is 17.4 Å². The molecular formula is C20H31NO2. The Morgan fingerprint density at radius 1 is 1.26 bits per heavy atom. The zero-order chi connectivity index (χ0) is 16.9. The Hall–Kier alpha value is -1.35. The fraction of sp³-hybridized carbons (Fsp3) is 0.650. The van der Waals surface area contributed by atoms with Gasteiger partial charge in [-0.25, -0.2) is 0 Å². The maximum atomic E-state index is 12.4. The Kier molecular flexibility index (Phi) is 6.23. The Balaban J connectivity index is 1.95. The predicted octanol–water partition coefficient (Wildman–Crippen LogP) is 3.70. The topological polar surface area (TPSA) is 49.3 Å². The lowest BCUT2D eigenvalue weighted by atomic mass is 9.66. The van der Waals surface area contributed by atoms with Crippen LogP contribution in [0.5, 0.6) is 0 Å². The number of hydrogen-bond acceptors (Lipinski definition) is 2. The standard InChI is InChI=1S/C20H31NO2/c1-4-20(2,3)16-11-8-12-17(22)19(16)21-18(23)14-13-15-9-6-5-7-10-15/h5-7,9-10,16-17,19,22H,4,8,11-14H2,1-3H3,(H,21,23)/t16-,17+,19-/m1/s1. The van der Waals surface area contributed by atoms with Crippen LogP contribution < -0.4 is 5.32 Å². The quantitative estimate of drug-likeness (QED) is 0.840. The second kappa shape index (κ2) is 7.96. The minimum atomic E-state index is -0.416. The second-order valence-electron chi connectivity index (χ2n) is 7.53. The molecule has 128 valence electrons. The SMILES string of the molecule is CCC(C)(C)[C@@H]1CCC[C@H](O)[C@@H]1NC(=O)CCc1ccccc1. The van der Waals surface area contributed by atoms with Crippen LogP contribution in [-0.4, -0.2) is 23.2 Å². The van der Waals surface area contributed by atoms with Crippen molar-refractivity contribution in [2.24, 2.45) is 11.3 Å². The molecule has 0 unspecified atom stereocenters. The first-order valence-corrected chi connectivity index (χ1v) is 8.95. The van der Waals surface area contributed by atoms with Crippen molar-refractivity contribution < 1.29 is 9.90 Å². The summed E-state index contributed by atoms with van der Waals surface area (Å²) in [7, 11) is 0. The molecule has 1 saturated carbocycles. The summed E-state index contributed by atoms with van der Waals surface area (Å²) in [5.74, 6) is 0.397. The predicted molar refractivity (Wildman–Crippen MR) is 94.1 cm³/mol. The van der Waals surface area contributed by atoms with E-state index in [1.165, 1.54) is 5.56 Å². The van der Waals surface area contributed by atoms with Gasteiger partial charge in [0.05, 0.1) is 12.1 Å². The number of aliphatic hydroxyl groups excluding tert-OH is 1. The van der Waals surface area contributed by atoms with E-state index in [0.29, 0.717) is 12.3 Å². The molecule has 1 amide bonds. The molecule has 0 radical (unpaired) electrons. The van der Waals surface area contributed by atoms with E-state index in [1.807, 2.05) is 30.3 Å². The van der Waals surface area contributed by atoms with Gasteiger partial charge in [-0.3, -0.25) is 4.79 Å². The maximum Gasteiger partial charge on any atom is 0.220 e. The maximum absolute atomic E-state index is 12.4. The highest BCUT2D eigenvalue weighted by atomic mass is 16.3. The lowest BCUT2D eigenvalue weighted by molar-refractivity contribution is -0.124. The van der Waals surface area contributed by atoms with Crippen LogP contribution in [0.25, 0.3) is 0 Å². The fourth-order valence-electron chi connectivity index (χ4n) is 3.67. The number of rotatable bonds is 6. The van der Waals surface area contributed by atoms with Crippen molar-refractivity contribution in [1.29, 1.82) is 0 Å². The first-order valence-electron chi connectivity index (χ1n) is 8.95. The molecule has 0 bridgehead atoms. The number of carbonyl (C=O) groups is 1. The van der Waals surface area contributed by atoms with E-state index in [0.717, 1.165) is 32.1 Å². The number of aryl methyl sites for hydroxylation is 1. The molecule has 2 rings (SSSR count). The van der Waals surface area contributed by atoms with Gasteiger partial charge in [0.2, 0.25) is 5.91 Å². The molecule has 0 aliphatic heterocycles. The Morgan fingerprint density at radius 2 is 1.96 bits per heavy atom. The summed E-state index contributed by atoms with van der Waals surface area (Å²) >= 11 is 0. The van der Waals surface area contributed by atoms with Gasteiger partial charge in [0.25, 0.3) is 0 Å². The van der Waals surface area contributed by atoms with Gasteiger partial charge in [-0.1, -0.05) is 63.9 Å². The minimum absolute atomic E-state index is 0.0525. The molecule has 3 heteroatoms. The van der Waals surface area contributed by atoms with E-state index in [1.54, 1.807) is 0 Å². The molecular weight excluding hydrogens is 286 g/mol. The van der Waals surface area contributed by atoms with Gasteiger partial charge in [0.1, 0.15) is 0 Å². The molecule has 3 nitrogen and oxygen atoms in total. The summed E-state index contributed by atoms with van der Waals surface area (Å²) in [5, 5.41) is 13.6. The molecule has 3 atom stereocenters. The highest BCUT2D eigenvalue weighted by Crippen LogP contribution is 2.40. The van der Waals surface area contributed by atoms with Crippen molar-refractivity contribution in [3.63, 3.8) is 0 Å². The third-order valence-corrected chi connectivity index (χ3v) is 5.59. The van der Waals surface area contributed by atoms with Gasteiger partial charge in [-0.15, -0.1) is 0 Å². The molecule has 1 aromatic carbocycles. The van der Waals surface area contributed by atoms with Gasteiger partial charge >= 0.3 is 0 Å². The zero-order valence-corrected chi connectivity index (χ0v) is 14.7. The fourth-order valence-corrected chi connectivity index (χ4v) is 3.67. The average molecular weight is 317 g/mol. The van der Waals surface area contributed by atoms with Crippen molar-refractivity contribution in [2.75, 3.05) is 0 Å². The lowest BCUT2D eigenvalue weighted by Gasteiger charge is -2.44. The first-order chi connectivity index (χ1) is 10.9. The van der Waals surface area contributed by atoms with Crippen LogP contribution >= 0.6 is 0 Å². The Morgan fingerprint density at radius 3 is 2.61 bits per heavy atom. The summed E-state index contributed by atoms with van der Waals surface area (Å²) in [6.45, 7) is 6.69. The van der Waals surface area contributed by atoms with Crippen LogP contribution in [0.2, 0.25) is 0 Å². The zero-order valence-electron chi connectivity index (χ0n) is 14.7. The van der Waals surface area contributed by atoms with Crippen molar-refractivity contribution in [3.8, 4) is 0 Å². The molecule has 1 aliphatic carbocycles. The average Bonchev–Trinajstić information content (AvgIpc) is 2.55. The van der Waals surface area contributed by atoms with E-state index in [4.69, 9.17) is 0 Å². The molecule has 0 spiro atoms. The minimum Gasteiger partial charge on any atom is -0.391 e. The van der Waals surface area contributed by atoms with Gasteiger partial charge in [0.15, 0.2) is 0 Å². The molecule has 1 aliphatic rings. The van der Waals surface area contributed by atoms with E-state index < -0.39 is 6.10 Å². The second-order valence-corrected chi connectivity index (χ2v) is 7.53. The van der Waals surface area contributed by atoms with Crippen LogP contribution in [0, 0.1) is 11.3 Å². The summed E-state index contributed by atoms with van der Waals surface area (Å²) in [6, 6.07) is 9.97. The smallest absolute Gasteiger partial charge is 0.220 e. The van der Waals surface area contributed by atoms with Gasteiger partial charge in [-0.2, -0.15) is 0 Å². The number of benzene rings is 1. The monoisotopic (exact) mass is 317 g/mol. The number of aliphatic hydroxyl groups is 1. The van der Waals surface area contributed by atoms with Gasteiger partial charge in [0, 0.05) is 6.42 Å². The number of amides is 1. The number of hydrogen-bond donors (Lipinski definition) is 2. The van der Waals surface area contributed by atoms with Crippen LogP contribution in [-0.2, 0) is 11.2 Å². The molecule has 0 saturated heterocycles. The largest absolute Gasteiger partial charge is 0.391 e. The van der Waals surface area contributed by atoms with Crippen molar-refractivity contribution in [3.05, 3.63) is 35.9 Å². The Labute approximate surface area is 140 Å². The first kappa shape index (κ1) is 18.0. The van der Waals surface area contributed by atoms with E-state index >= 15 is 0 Å². The van der Waals surface area contributed by atoms with Crippen molar-refractivity contribution >= 4 is 5.91 Å². The normalized spacial score (nSPS) is 25.1. The lowest BCUT2D eigenvalue weighted by Crippen LogP contribution is -2.54. The van der Waals surface area contributed by atoms with Gasteiger partial charge < -0.3 is 10.4 Å². The molecule has 0 heterocycles. The van der Waals surface area contributed by atoms with Gasteiger partial charge in [-0.05, 0) is 36.2 Å². The number of nitrogens with one attached hydrogen (secondary N) is 1. The highest BCUT2D eigenvalue weighted by Gasteiger charge is 2.40. The molecule has 23 heavy (non-hydrogen) atoms. The van der Waals surface area contributed by atoms with E-state index in [9.17, 15) is 9.90 Å². The van der Waals surface area contributed by atoms with Crippen LogP contribution in [0.15, 0.2) is 30.3 Å². The highest BCUT2D eigenvalue weighted by molar-refractivity contribution is 5.76. The van der Waals surface area contributed by atoms with Crippen molar-refractivity contribution in [1.82, 2.24) is 5.32 Å². The Bertz CT molecular complexity index is 498. The van der Waals surface area contributed by atoms with E-state index in [2.05, 4.69) is 26.1 Å². The molecule has 2 N–H and O–H groups in total. The number of carbonyl (C=O) groups excluding carboxylic acids is 1. The van der Waals surface area contributed by atoms with Crippen LogP contribution in [0.4, 0.5) is 0 Å². The molecule has 0 aromatic heterocycles. The molecule has 1 fully saturated rings. The third kappa shape index (κ3) is 4.81. The van der Waals surface area contributed by atoms with Crippen molar-refractivity contribution in [2.45, 2.75) is 71.4 Å². The van der Waals surface area contributed by atoms with Crippen LogP contribution in [0.1, 0.15) is 58.4 Å². The summed E-state index contributed by atoms with van der Waals surface area (Å²) in [4.78, 5) is 12.4. The summed E-state index contributed by atoms with van der Waals surface area (Å²) < 4.78 is 0. The molecule has 1 aromatic rings. The summed E-state index contributed by atoms with van der Waals surface area (Å²) in [5.41, 5.74) is 1.32. The third-order valence-electron chi connectivity index (χ3n) is 5.59. The summed E-state index contributed by atoms with van der Waals surface area (Å²) in [6.07, 6.45) is 4.79.